The van der Waals surface area contributed by atoms with Gasteiger partial charge in [-0.1, -0.05) is 12.1 Å². The number of benzene rings is 1. The first-order chi connectivity index (χ1) is 11.0. The van der Waals surface area contributed by atoms with Crippen LogP contribution in [0.2, 0.25) is 0 Å². The highest BCUT2D eigenvalue weighted by molar-refractivity contribution is 5.81. The summed E-state index contributed by atoms with van der Waals surface area (Å²) in [6.07, 6.45) is 2.95. The number of rotatable bonds is 6. The lowest BCUT2D eigenvalue weighted by Gasteiger charge is -2.21. The molecular formula is C16H17FN2O4. The molecule has 1 fully saturated rings. The van der Waals surface area contributed by atoms with Crippen molar-refractivity contribution < 1.29 is 23.5 Å². The molecule has 1 N–H and O–H groups in total. The van der Waals surface area contributed by atoms with Gasteiger partial charge >= 0.3 is 5.97 Å². The number of carbonyl (C=O) groups is 2. The highest BCUT2D eigenvalue weighted by Gasteiger charge is 2.35. The topological polar surface area (TPSA) is 88.4 Å². The first-order valence-corrected chi connectivity index (χ1v) is 7.30. The lowest BCUT2D eigenvalue weighted by molar-refractivity contribution is -0.150. The number of hydrogen-bond donors (Lipinski definition) is 1. The zero-order chi connectivity index (χ0) is 16.7. The first-order valence-electron chi connectivity index (χ1n) is 7.30. The molecule has 1 amide bonds. The van der Waals surface area contributed by atoms with E-state index >= 15 is 0 Å². The molecule has 7 heteroatoms. The van der Waals surface area contributed by atoms with Crippen LogP contribution < -0.4 is 10.1 Å². The summed E-state index contributed by atoms with van der Waals surface area (Å²) in [7, 11) is 0. The van der Waals surface area contributed by atoms with Gasteiger partial charge in [0.15, 0.2) is 24.8 Å². The number of esters is 1. The Morgan fingerprint density at radius 3 is 2.61 bits per heavy atom. The highest BCUT2D eigenvalue weighted by atomic mass is 19.1. The van der Waals surface area contributed by atoms with Gasteiger partial charge < -0.3 is 14.8 Å². The Bertz CT molecular complexity index is 621. The van der Waals surface area contributed by atoms with Crippen molar-refractivity contribution in [3.05, 3.63) is 30.1 Å². The summed E-state index contributed by atoms with van der Waals surface area (Å²) < 4.78 is 23.0. The Kier molecular flexibility index (Phi) is 5.52. The first kappa shape index (κ1) is 16.7. The summed E-state index contributed by atoms with van der Waals surface area (Å²) >= 11 is 0. The van der Waals surface area contributed by atoms with Crippen molar-refractivity contribution in [1.29, 1.82) is 5.26 Å². The van der Waals surface area contributed by atoms with Crippen molar-refractivity contribution in [1.82, 2.24) is 5.32 Å². The minimum Gasteiger partial charge on any atom is -0.479 e. The van der Waals surface area contributed by atoms with E-state index in [1.165, 1.54) is 18.2 Å². The maximum Gasteiger partial charge on any atom is 0.344 e. The van der Waals surface area contributed by atoms with E-state index in [1.807, 2.05) is 0 Å². The van der Waals surface area contributed by atoms with Gasteiger partial charge in [-0.05, 0) is 37.8 Å². The van der Waals surface area contributed by atoms with Crippen molar-refractivity contribution >= 4 is 11.9 Å². The molecule has 0 bridgehead atoms. The molecule has 122 valence electrons. The van der Waals surface area contributed by atoms with E-state index in [1.54, 1.807) is 6.07 Å². The van der Waals surface area contributed by atoms with Crippen molar-refractivity contribution in [2.75, 3.05) is 13.2 Å². The van der Waals surface area contributed by atoms with E-state index < -0.39 is 36.4 Å². The number of amides is 1. The standard InChI is InChI=1S/C16H17FN2O4/c17-12-5-1-2-6-13(12)22-10-15(21)23-9-14(20)19-16(11-18)7-3-4-8-16/h1-2,5-6H,3-4,7-10H2,(H,19,20). The summed E-state index contributed by atoms with van der Waals surface area (Å²) in [5.74, 6) is -1.98. The van der Waals surface area contributed by atoms with Gasteiger partial charge in [-0.2, -0.15) is 5.26 Å². The van der Waals surface area contributed by atoms with E-state index in [4.69, 9.17) is 14.7 Å². The van der Waals surface area contributed by atoms with Crippen LogP contribution in [0.15, 0.2) is 24.3 Å². The molecule has 23 heavy (non-hydrogen) atoms. The minimum atomic E-state index is -0.854. The van der Waals surface area contributed by atoms with E-state index in [0.29, 0.717) is 12.8 Å². The Hall–Kier alpha value is -2.62. The monoisotopic (exact) mass is 320 g/mol. The second-order valence-electron chi connectivity index (χ2n) is 5.33. The summed E-state index contributed by atoms with van der Waals surface area (Å²) in [5.41, 5.74) is -0.854. The molecule has 1 aromatic rings. The van der Waals surface area contributed by atoms with E-state index in [9.17, 15) is 14.0 Å². The second-order valence-corrected chi connectivity index (χ2v) is 5.33. The number of nitrogens with one attached hydrogen (secondary N) is 1. The molecule has 0 unspecified atom stereocenters. The van der Waals surface area contributed by atoms with Gasteiger partial charge in [-0.3, -0.25) is 4.79 Å². The molecule has 0 radical (unpaired) electrons. The fourth-order valence-electron chi connectivity index (χ4n) is 2.43. The molecule has 2 rings (SSSR count). The molecule has 0 aromatic heterocycles. The van der Waals surface area contributed by atoms with Crippen LogP contribution in [-0.4, -0.2) is 30.6 Å². The van der Waals surface area contributed by atoms with E-state index in [-0.39, 0.29) is 5.75 Å². The summed E-state index contributed by atoms with van der Waals surface area (Å²) in [5, 5.41) is 11.8. The molecule has 0 aliphatic heterocycles. The zero-order valence-corrected chi connectivity index (χ0v) is 12.5. The fourth-order valence-corrected chi connectivity index (χ4v) is 2.43. The van der Waals surface area contributed by atoms with Gasteiger partial charge in [0.25, 0.3) is 5.91 Å². The normalized spacial score (nSPS) is 15.5. The fraction of sp³-hybridized carbons (Fsp3) is 0.438. The van der Waals surface area contributed by atoms with Crippen LogP contribution in [0.25, 0.3) is 0 Å². The van der Waals surface area contributed by atoms with Gasteiger partial charge in [-0.25, -0.2) is 9.18 Å². The number of nitriles is 1. The van der Waals surface area contributed by atoms with Crippen LogP contribution in [0.1, 0.15) is 25.7 Å². The third-order valence-corrected chi connectivity index (χ3v) is 3.60. The van der Waals surface area contributed by atoms with Gasteiger partial charge in [-0.15, -0.1) is 0 Å². The van der Waals surface area contributed by atoms with Crippen molar-refractivity contribution in [2.24, 2.45) is 0 Å². The predicted octanol–water partition coefficient (Wildman–Crippen LogP) is 1.70. The van der Waals surface area contributed by atoms with Crippen LogP contribution in [0, 0.1) is 17.1 Å². The quantitative estimate of drug-likeness (QED) is 0.806. The molecule has 0 atom stereocenters. The molecule has 6 nitrogen and oxygen atoms in total. The number of ether oxygens (including phenoxy) is 2. The van der Waals surface area contributed by atoms with Crippen LogP contribution in [0.3, 0.4) is 0 Å². The number of nitrogens with zero attached hydrogens (tertiary/aromatic N) is 1. The second kappa shape index (κ2) is 7.58. The van der Waals surface area contributed by atoms with Crippen LogP contribution in [0.5, 0.6) is 5.75 Å². The zero-order valence-electron chi connectivity index (χ0n) is 12.5. The van der Waals surface area contributed by atoms with Gasteiger partial charge in [0.2, 0.25) is 0 Å². The molecule has 1 saturated carbocycles. The van der Waals surface area contributed by atoms with Crippen molar-refractivity contribution in [3.8, 4) is 11.8 Å². The summed E-state index contributed by atoms with van der Waals surface area (Å²) in [4.78, 5) is 23.3. The number of halogens is 1. The summed E-state index contributed by atoms with van der Waals surface area (Å²) in [6, 6.07) is 7.76. The molecule has 0 saturated heterocycles. The maximum atomic E-state index is 13.3. The maximum absolute atomic E-state index is 13.3. The average Bonchev–Trinajstić information content (AvgIpc) is 3.01. The molecule has 0 spiro atoms. The predicted molar refractivity (Wildman–Crippen MR) is 77.8 cm³/mol. The average molecular weight is 320 g/mol. The highest BCUT2D eigenvalue weighted by Crippen LogP contribution is 2.28. The minimum absolute atomic E-state index is 0.0664. The SMILES string of the molecule is N#CC1(NC(=O)COC(=O)COc2ccccc2F)CCCC1. The molecule has 0 heterocycles. The number of carbonyl (C=O) groups excluding carboxylic acids is 2. The Balaban J connectivity index is 1.73. The smallest absolute Gasteiger partial charge is 0.344 e. The Labute approximate surface area is 133 Å². The van der Waals surface area contributed by atoms with Gasteiger partial charge in [0, 0.05) is 0 Å². The van der Waals surface area contributed by atoms with E-state index in [0.717, 1.165) is 12.8 Å². The molecular weight excluding hydrogens is 303 g/mol. The largest absolute Gasteiger partial charge is 0.479 e. The molecule has 1 aromatic carbocycles. The van der Waals surface area contributed by atoms with Crippen LogP contribution >= 0.6 is 0 Å². The van der Waals surface area contributed by atoms with Gasteiger partial charge in [0.05, 0.1) is 6.07 Å². The Morgan fingerprint density at radius 1 is 1.26 bits per heavy atom. The molecule has 1 aliphatic carbocycles. The summed E-state index contributed by atoms with van der Waals surface area (Å²) in [6.45, 7) is -1.000. The van der Waals surface area contributed by atoms with Crippen LogP contribution in [-0.2, 0) is 14.3 Å². The lowest BCUT2D eigenvalue weighted by Crippen LogP contribution is -2.46. The third kappa shape index (κ3) is 4.68. The van der Waals surface area contributed by atoms with Crippen molar-refractivity contribution in [2.45, 2.75) is 31.2 Å². The molecule has 1 aliphatic rings. The number of para-hydroxylation sites is 1. The third-order valence-electron chi connectivity index (χ3n) is 3.60. The van der Waals surface area contributed by atoms with Gasteiger partial charge in [0.1, 0.15) is 5.54 Å². The van der Waals surface area contributed by atoms with E-state index in [2.05, 4.69) is 11.4 Å². The number of hydrogen-bond acceptors (Lipinski definition) is 5. The lowest BCUT2D eigenvalue weighted by atomic mass is 10.00. The van der Waals surface area contributed by atoms with Crippen molar-refractivity contribution in [3.63, 3.8) is 0 Å². The van der Waals surface area contributed by atoms with Crippen LogP contribution in [0.4, 0.5) is 4.39 Å². The Morgan fingerprint density at radius 2 is 1.96 bits per heavy atom.